The smallest absolute Gasteiger partial charge is 0.137 e. The Labute approximate surface area is 195 Å². The van der Waals surface area contributed by atoms with E-state index in [1.54, 1.807) is 24.9 Å². The molecule has 0 saturated heterocycles. The van der Waals surface area contributed by atoms with E-state index in [0.29, 0.717) is 6.54 Å². The third-order valence-electron chi connectivity index (χ3n) is 4.95. The summed E-state index contributed by atoms with van der Waals surface area (Å²) in [7, 11) is 2.75. The number of anilines is 1. The number of nitrogens with zero attached hydrogens (tertiary/aromatic N) is 5. The van der Waals surface area contributed by atoms with Gasteiger partial charge in [-0.3, -0.25) is 15.0 Å². The quantitative estimate of drug-likeness (QED) is 0.309. The number of allylic oxidation sites excluding steroid dienone is 5. The molecular weight excluding hydrogens is 427 g/mol. The molecular formula is C26H25N6P. The lowest BCUT2D eigenvalue weighted by molar-refractivity contribution is 0.989. The van der Waals surface area contributed by atoms with Crippen LogP contribution in [0, 0.1) is 0 Å². The van der Waals surface area contributed by atoms with Crippen molar-refractivity contribution in [3.63, 3.8) is 0 Å². The standard InChI is InChI=1S/C26H25N6P/c1-4-6-18(11-17(2)3)23-15-28-21(13-29-23)14-30-26-25(33)24(31-16-32-26)20-8-9-22-19(12-20)7-5-10-27-22/h4-13,15-16H,2,14,33H2,1,3H3,(H,30,31,32)/b6-4-,18-11+. The van der Waals surface area contributed by atoms with Crippen LogP contribution in [0.4, 0.5) is 5.82 Å². The second-order valence-corrected chi connectivity index (χ2v) is 8.17. The van der Waals surface area contributed by atoms with Crippen LogP contribution in [0.15, 0.2) is 85.6 Å². The molecule has 0 saturated carbocycles. The Bertz CT molecular complexity index is 1360. The number of hydrogen-bond donors (Lipinski definition) is 1. The van der Waals surface area contributed by atoms with Gasteiger partial charge in [0.1, 0.15) is 12.1 Å². The number of pyridine rings is 1. The number of fused-ring (bicyclic) bond motifs is 1. The van der Waals surface area contributed by atoms with Crippen LogP contribution < -0.4 is 10.6 Å². The summed E-state index contributed by atoms with van der Waals surface area (Å²) >= 11 is 0. The monoisotopic (exact) mass is 452 g/mol. The maximum absolute atomic E-state index is 4.57. The highest BCUT2D eigenvalue weighted by Crippen LogP contribution is 2.23. The summed E-state index contributed by atoms with van der Waals surface area (Å²) in [6.07, 6.45) is 12.9. The molecule has 3 aromatic heterocycles. The van der Waals surface area contributed by atoms with Crippen LogP contribution in [0.3, 0.4) is 0 Å². The van der Waals surface area contributed by atoms with Crippen molar-refractivity contribution in [2.75, 3.05) is 5.32 Å². The summed E-state index contributed by atoms with van der Waals surface area (Å²) in [5.41, 5.74) is 6.39. The van der Waals surface area contributed by atoms with Crippen LogP contribution in [0.2, 0.25) is 0 Å². The first kappa shape index (κ1) is 22.4. The van der Waals surface area contributed by atoms with Crippen molar-refractivity contribution in [1.82, 2.24) is 24.9 Å². The van der Waals surface area contributed by atoms with Gasteiger partial charge in [-0.15, -0.1) is 0 Å². The normalized spacial score (nSPS) is 11.8. The van der Waals surface area contributed by atoms with E-state index in [1.807, 2.05) is 56.3 Å². The average molecular weight is 453 g/mol. The number of benzene rings is 1. The Kier molecular flexibility index (Phi) is 6.96. The maximum atomic E-state index is 4.57. The molecule has 164 valence electrons. The van der Waals surface area contributed by atoms with E-state index in [9.17, 15) is 0 Å². The van der Waals surface area contributed by atoms with Gasteiger partial charge in [0.05, 0.1) is 41.5 Å². The lowest BCUT2D eigenvalue weighted by Crippen LogP contribution is -2.13. The highest BCUT2D eigenvalue weighted by molar-refractivity contribution is 7.28. The van der Waals surface area contributed by atoms with Crippen LogP contribution in [-0.4, -0.2) is 24.9 Å². The van der Waals surface area contributed by atoms with E-state index in [4.69, 9.17) is 0 Å². The first-order valence-electron chi connectivity index (χ1n) is 10.6. The molecule has 7 heteroatoms. The number of hydrogen-bond acceptors (Lipinski definition) is 6. The Morgan fingerprint density at radius 2 is 1.97 bits per heavy atom. The van der Waals surface area contributed by atoms with Gasteiger partial charge in [0, 0.05) is 28.0 Å². The van der Waals surface area contributed by atoms with Gasteiger partial charge in [-0.25, -0.2) is 9.97 Å². The van der Waals surface area contributed by atoms with Crippen molar-refractivity contribution >= 4 is 36.8 Å². The zero-order chi connectivity index (χ0) is 23.2. The van der Waals surface area contributed by atoms with Gasteiger partial charge in [0.2, 0.25) is 0 Å². The van der Waals surface area contributed by atoms with E-state index >= 15 is 0 Å². The maximum Gasteiger partial charge on any atom is 0.137 e. The van der Waals surface area contributed by atoms with Gasteiger partial charge in [-0.05, 0) is 32.0 Å². The molecule has 1 atom stereocenters. The molecule has 1 unspecified atom stereocenters. The Hall–Kier alpha value is -3.76. The van der Waals surface area contributed by atoms with Gasteiger partial charge in [0.15, 0.2) is 0 Å². The minimum atomic E-state index is 0.496. The molecule has 1 N–H and O–H groups in total. The second kappa shape index (κ2) is 10.2. The average Bonchev–Trinajstić information content (AvgIpc) is 2.83. The first-order chi connectivity index (χ1) is 16.0. The minimum absolute atomic E-state index is 0.496. The first-order valence-corrected chi connectivity index (χ1v) is 11.1. The van der Waals surface area contributed by atoms with Gasteiger partial charge < -0.3 is 5.32 Å². The van der Waals surface area contributed by atoms with Gasteiger partial charge in [-0.2, -0.15) is 0 Å². The van der Waals surface area contributed by atoms with Crippen LogP contribution in [0.5, 0.6) is 0 Å². The SMILES string of the molecule is C=C(C)/C=C(\C=C/C)c1cnc(CNc2ncnc(-c3ccc4ncccc4c3)c2P)cn1. The summed E-state index contributed by atoms with van der Waals surface area (Å²) in [5.74, 6) is 0.735. The fourth-order valence-electron chi connectivity index (χ4n) is 3.41. The molecule has 0 aliphatic rings. The van der Waals surface area contributed by atoms with E-state index in [1.165, 1.54) is 0 Å². The van der Waals surface area contributed by atoms with Crippen molar-refractivity contribution in [1.29, 1.82) is 0 Å². The highest BCUT2D eigenvalue weighted by atomic mass is 31.0. The predicted octanol–water partition coefficient (Wildman–Crippen LogP) is 5.13. The molecule has 33 heavy (non-hydrogen) atoms. The van der Waals surface area contributed by atoms with Gasteiger partial charge in [-0.1, -0.05) is 51.8 Å². The second-order valence-electron chi connectivity index (χ2n) is 7.59. The Balaban J connectivity index is 1.52. The summed E-state index contributed by atoms with van der Waals surface area (Å²) in [4.78, 5) is 22.4. The lowest BCUT2D eigenvalue weighted by atomic mass is 10.1. The molecule has 0 bridgehead atoms. The van der Waals surface area contributed by atoms with Gasteiger partial charge in [0.25, 0.3) is 0 Å². The van der Waals surface area contributed by atoms with E-state index in [-0.39, 0.29) is 0 Å². The van der Waals surface area contributed by atoms with Crippen molar-refractivity contribution in [2.45, 2.75) is 20.4 Å². The van der Waals surface area contributed by atoms with E-state index < -0.39 is 0 Å². The zero-order valence-corrected chi connectivity index (χ0v) is 19.8. The molecule has 0 aliphatic carbocycles. The zero-order valence-electron chi connectivity index (χ0n) is 18.7. The van der Waals surface area contributed by atoms with Crippen LogP contribution >= 0.6 is 9.24 Å². The van der Waals surface area contributed by atoms with E-state index in [0.717, 1.165) is 55.8 Å². The van der Waals surface area contributed by atoms with Gasteiger partial charge >= 0.3 is 0 Å². The molecule has 4 rings (SSSR count). The molecule has 3 heterocycles. The van der Waals surface area contributed by atoms with Crippen LogP contribution in [0.25, 0.3) is 27.7 Å². The van der Waals surface area contributed by atoms with Crippen molar-refractivity contribution in [3.05, 3.63) is 97.0 Å². The molecule has 1 aromatic carbocycles. The summed E-state index contributed by atoms with van der Waals surface area (Å²) in [6.45, 7) is 8.38. The van der Waals surface area contributed by atoms with Crippen molar-refractivity contribution in [3.8, 4) is 11.3 Å². The molecule has 6 nitrogen and oxygen atoms in total. The summed E-state index contributed by atoms with van der Waals surface area (Å²) in [6, 6.07) is 10.1. The van der Waals surface area contributed by atoms with Crippen molar-refractivity contribution < 1.29 is 0 Å². The predicted molar refractivity (Wildman–Crippen MR) is 139 cm³/mol. The number of nitrogens with one attached hydrogen (secondary N) is 1. The highest BCUT2D eigenvalue weighted by Gasteiger charge is 2.11. The molecule has 0 amide bonds. The number of aromatic nitrogens is 5. The van der Waals surface area contributed by atoms with Crippen LogP contribution in [0.1, 0.15) is 25.2 Å². The van der Waals surface area contributed by atoms with E-state index in [2.05, 4.69) is 52.1 Å². The van der Waals surface area contributed by atoms with Crippen LogP contribution in [-0.2, 0) is 6.54 Å². The Morgan fingerprint density at radius 3 is 2.73 bits per heavy atom. The number of rotatable bonds is 7. The molecule has 0 fully saturated rings. The minimum Gasteiger partial charge on any atom is -0.364 e. The molecule has 0 aliphatic heterocycles. The molecule has 4 aromatic rings. The third kappa shape index (κ3) is 5.36. The summed E-state index contributed by atoms with van der Waals surface area (Å²) < 4.78 is 0. The lowest BCUT2D eigenvalue weighted by Gasteiger charge is -2.12. The Morgan fingerprint density at radius 1 is 1.09 bits per heavy atom. The summed E-state index contributed by atoms with van der Waals surface area (Å²) in [5, 5.41) is 5.32. The molecule has 0 radical (unpaired) electrons. The fraction of sp³-hybridized carbons (Fsp3) is 0.115. The largest absolute Gasteiger partial charge is 0.364 e. The fourth-order valence-corrected chi connectivity index (χ4v) is 3.83. The third-order valence-corrected chi connectivity index (χ3v) is 5.49. The topological polar surface area (TPSA) is 76.5 Å². The molecule has 0 spiro atoms. The van der Waals surface area contributed by atoms with Crippen molar-refractivity contribution in [2.24, 2.45) is 0 Å².